The molecular formula is C26H27N3O2. The Balaban J connectivity index is 1.49. The molecule has 1 N–H and O–H groups in total. The first-order valence-corrected chi connectivity index (χ1v) is 11.0. The van der Waals surface area contributed by atoms with Crippen LogP contribution in [0.2, 0.25) is 0 Å². The fourth-order valence-electron chi connectivity index (χ4n) is 5.28. The standard InChI is InChI=1S/C26H27N3O2/c1-16-8-17(2)24-21(9-16)12-22(25(30)28-24)15-29(14-19-4-3-7-27-13-19)26(31)23-11-18-5-6-20(23)10-18/h3-9,12-13,18,20,23H,10-11,14-15H2,1-2H3,(H,28,30)/t18-,20+,23-/m1/s1. The predicted octanol–water partition coefficient (Wildman–Crippen LogP) is 4.28. The highest BCUT2D eigenvalue weighted by molar-refractivity contribution is 5.83. The first-order chi connectivity index (χ1) is 15.0. The van der Waals surface area contributed by atoms with Crippen molar-refractivity contribution >= 4 is 16.8 Å². The van der Waals surface area contributed by atoms with Crippen molar-refractivity contribution in [3.8, 4) is 0 Å². The summed E-state index contributed by atoms with van der Waals surface area (Å²) in [6, 6.07) is 9.95. The number of allylic oxidation sites excluding steroid dienone is 2. The van der Waals surface area contributed by atoms with Crippen LogP contribution in [0.1, 0.15) is 35.1 Å². The number of nitrogens with one attached hydrogen (secondary N) is 1. The quantitative estimate of drug-likeness (QED) is 0.635. The minimum Gasteiger partial charge on any atom is -0.334 e. The molecule has 0 spiro atoms. The lowest BCUT2D eigenvalue weighted by atomic mass is 9.92. The van der Waals surface area contributed by atoms with Crippen LogP contribution in [0.3, 0.4) is 0 Å². The van der Waals surface area contributed by atoms with Gasteiger partial charge in [0.25, 0.3) is 5.56 Å². The summed E-state index contributed by atoms with van der Waals surface area (Å²) in [5, 5.41) is 1.00. The molecule has 3 atom stereocenters. The van der Waals surface area contributed by atoms with Gasteiger partial charge in [0.05, 0.1) is 12.1 Å². The van der Waals surface area contributed by atoms with Gasteiger partial charge < -0.3 is 9.88 Å². The van der Waals surface area contributed by atoms with Crippen LogP contribution in [0, 0.1) is 31.6 Å². The molecule has 0 radical (unpaired) electrons. The number of aromatic amines is 1. The van der Waals surface area contributed by atoms with E-state index in [1.54, 1.807) is 12.4 Å². The number of carbonyl (C=O) groups excluding carboxylic acids is 1. The number of pyridine rings is 2. The predicted molar refractivity (Wildman–Crippen MR) is 121 cm³/mol. The first kappa shape index (κ1) is 19.7. The Hall–Kier alpha value is -3.21. The second kappa shape index (κ2) is 7.80. The molecule has 1 fully saturated rings. The normalized spacial score (nSPS) is 21.7. The molecule has 2 heterocycles. The molecule has 5 nitrogen and oxygen atoms in total. The van der Waals surface area contributed by atoms with Crippen LogP contribution < -0.4 is 5.56 Å². The summed E-state index contributed by atoms with van der Waals surface area (Å²) in [7, 11) is 0. The third-order valence-electron chi connectivity index (χ3n) is 6.74. The molecule has 2 aromatic heterocycles. The van der Waals surface area contributed by atoms with Crippen molar-refractivity contribution in [1.82, 2.24) is 14.9 Å². The van der Waals surface area contributed by atoms with E-state index in [4.69, 9.17) is 0 Å². The summed E-state index contributed by atoms with van der Waals surface area (Å²) in [4.78, 5) is 35.6. The van der Waals surface area contributed by atoms with Gasteiger partial charge in [-0.25, -0.2) is 0 Å². The van der Waals surface area contributed by atoms with Gasteiger partial charge in [0.1, 0.15) is 0 Å². The lowest BCUT2D eigenvalue weighted by Gasteiger charge is -2.28. The zero-order valence-electron chi connectivity index (χ0n) is 18.0. The molecule has 2 aliphatic rings. The van der Waals surface area contributed by atoms with Gasteiger partial charge in [-0.3, -0.25) is 14.6 Å². The summed E-state index contributed by atoms with van der Waals surface area (Å²) < 4.78 is 0. The van der Waals surface area contributed by atoms with Crippen molar-refractivity contribution in [2.24, 2.45) is 17.8 Å². The SMILES string of the molecule is Cc1cc(C)c2[nH]c(=O)c(CN(Cc3cccnc3)C(=O)[C@@H]3C[C@@H]4C=C[C@H]3C4)cc2c1. The second-order valence-corrected chi connectivity index (χ2v) is 9.11. The molecule has 0 saturated heterocycles. The van der Waals surface area contributed by atoms with Crippen molar-refractivity contribution < 1.29 is 4.79 Å². The van der Waals surface area contributed by atoms with Crippen molar-refractivity contribution in [3.63, 3.8) is 0 Å². The number of rotatable bonds is 5. The van der Waals surface area contributed by atoms with E-state index in [1.165, 1.54) is 0 Å². The lowest BCUT2D eigenvalue weighted by Crippen LogP contribution is -2.38. The fraction of sp³-hybridized carbons (Fsp3) is 0.346. The van der Waals surface area contributed by atoms with Gasteiger partial charge in [-0.1, -0.05) is 29.8 Å². The van der Waals surface area contributed by atoms with E-state index in [-0.39, 0.29) is 17.4 Å². The summed E-state index contributed by atoms with van der Waals surface area (Å²) >= 11 is 0. The van der Waals surface area contributed by atoms with Crippen LogP contribution in [0.4, 0.5) is 0 Å². The van der Waals surface area contributed by atoms with Gasteiger partial charge in [0.15, 0.2) is 0 Å². The van der Waals surface area contributed by atoms with Gasteiger partial charge in [-0.2, -0.15) is 0 Å². The molecule has 1 saturated carbocycles. The van der Waals surface area contributed by atoms with E-state index >= 15 is 0 Å². The highest BCUT2D eigenvalue weighted by Gasteiger charge is 2.41. The highest BCUT2D eigenvalue weighted by atomic mass is 16.2. The Morgan fingerprint density at radius 1 is 1.16 bits per heavy atom. The average Bonchev–Trinajstić information content (AvgIpc) is 3.38. The van der Waals surface area contributed by atoms with E-state index < -0.39 is 0 Å². The number of carbonyl (C=O) groups is 1. The summed E-state index contributed by atoms with van der Waals surface area (Å²) in [5.41, 5.74) is 4.53. The Kier molecular flexibility index (Phi) is 4.97. The smallest absolute Gasteiger partial charge is 0.253 e. The van der Waals surface area contributed by atoms with E-state index in [1.807, 2.05) is 30.0 Å². The van der Waals surface area contributed by atoms with Crippen LogP contribution >= 0.6 is 0 Å². The molecule has 0 unspecified atom stereocenters. The van der Waals surface area contributed by atoms with E-state index in [9.17, 15) is 9.59 Å². The maximum Gasteiger partial charge on any atom is 0.253 e. The van der Waals surface area contributed by atoms with Crippen LogP contribution in [0.25, 0.3) is 10.9 Å². The Bertz CT molecular complexity index is 1230. The van der Waals surface area contributed by atoms with Gasteiger partial charge in [-0.05, 0) is 73.2 Å². The number of fused-ring (bicyclic) bond motifs is 3. The molecule has 2 bridgehead atoms. The number of H-pyrrole nitrogens is 1. The molecule has 1 amide bonds. The molecule has 31 heavy (non-hydrogen) atoms. The first-order valence-electron chi connectivity index (χ1n) is 11.0. The van der Waals surface area contributed by atoms with Gasteiger partial charge >= 0.3 is 0 Å². The van der Waals surface area contributed by atoms with E-state index in [2.05, 4.69) is 41.2 Å². The largest absolute Gasteiger partial charge is 0.334 e. The van der Waals surface area contributed by atoms with E-state index in [0.717, 1.165) is 40.4 Å². The van der Waals surface area contributed by atoms with Crippen LogP contribution in [0.5, 0.6) is 0 Å². The molecule has 1 aromatic carbocycles. The van der Waals surface area contributed by atoms with Gasteiger partial charge in [0.2, 0.25) is 5.91 Å². The summed E-state index contributed by atoms with van der Waals surface area (Å²) in [6.45, 7) is 4.81. The van der Waals surface area contributed by atoms with Crippen molar-refractivity contribution in [1.29, 1.82) is 0 Å². The lowest BCUT2D eigenvalue weighted by molar-refractivity contribution is -0.137. The number of hydrogen-bond acceptors (Lipinski definition) is 3. The molecule has 3 aromatic rings. The Labute approximate surface area is 181 Å². The van der Waals surface area contributed by atoms with Crippen LogP contribution in [0.15, 0.2) is 59.7 Å². The number of hydrogen-bond donors (Lipinski definition) is 1. The number of aromatic nitrogens is 2. The van der Waals surface area contributed by atoms with Crippen molar-refractivity contribution in [3.05, 3.63) is 87.5 Å². The maximum absolute atomic E-state index is 13.6. The topological polar surface area (TPSA) is 66.1 Å². The van der Waals surface area contributed by atoms with Crippen molar-refractivity contribution in [2.75, 3.05) is 0 Å². The average molecular weight is 414 g/mol. The number of benzene rings is 1. The Morgan fingerprint density at radius 2 is 2.03 bits per heavy atom. The molecule has 0 aliphatic heterocycles. The molecular weight excluding hydrogens is 386 g/mol. The number of nitrogens with zero attached hydrogens (tertiary/aromatic N) is 2. The Morgan fingerprint density at radius 3 is 2.74 bits per heavy atom. The summed E-state index contributed by atoms with van der Waals surface area (Å²) in [5.74, 6) is 1.000. The second-order valence-electron chi connectivity index (χ2n) is 9.11. The van der Waals surface area contributed by atoms with Crippen molar-refractivity contribution in [2.45, 2.75) is 39.8 Å². The molecule has 2 aliphatic carbocycles. The number of aryl methyl sites for hydroxylation is 2. The minimum absolute atomic E-state index is 0.00991. The zero-order valence-corrected chi connectivity index (χ0v) is 18.0. The van der Waals surface area contributed by atoms with Gasteiger partial charge in [-0.15, -0.1) is 0 Å². The molecule has 158 valence electrons. The van der Waals surface area contributed by atoms with Crippen LogP contribution in [-0.2, 0) is 17.9 Å². The zero-order chi connectivity index (χ0) is 21.5. The molecule has 5 heteroatoms. The number of amides is 1. The highest BCUT2D eigenvalue weighted by Crippen LogP contribution is 2.44. The minimum atomic E-state index is -0.128. The fourth-order valence-corrected chi connectivity index (χ4v) is 5.28. The van der Waals surface area contributed by atoms with Crippen LogP contribution in [-0.4, -0.2) is 20.8 Å². The van der Waals surface area contributed by atoms with Gasteiger partial charge in [0, 0.05) is 30.4 Å². The summed E-state index contributed by atoms with van der Waals surface area (Å²) in [6.07, 6.45) is 9.96. The van der Waals surface area contributed by atoms with E-state index in [0.29, 0.717) is 30.5 Å². The third-order valence-corrected chi connectivity index (χ3v) is 6.74. The monoisotopic (exact) mass is 413 g/mol. The maximum atomic E-state index is 13.6. The third kappa shape index (κ3) is 3.80. The molecule has 5 rings (SSSR count).